The normalized spacial score (nSPS) is 24.8. The van der Waals surface area contributed by atoms with E-state index in [9.17, 15) is 9.59 Å². The summed E-state index contributed by atoms with van der Waals surface area (Å²) < 4.78 is 5.10. The second-order valence-corrected chi connectivity index (χ2v) is 6.49. The highest BCUT2D eigenvalue weighted by molar-refractivity contribution is 5.88. The molecule has 6 heteroatoms. The number of amides is 1. The fraction of sp³-hybridized carbons (Fsp3) is 0.875. The van der Waals surface area contributed by atoms with Crippen LogP contribution in [0.3, 0.4) is 0 Å². The van der Waals surface area contributed by atoms with Gasteiger partial charge in [0.2, 0.25) is 5.91 Å². The molecule has 1 saturated heterocycles. The van der Waals surface area contributed by atoms with Crippen LogP contribution in [0.5, 0.6) is 0 Å². The van der Waals surface area contributed by atoms with Crippen molar-refractivity contribution in [2.24, 2.45) is 17.3 Å². The first-order valence-corrected chi connectivity index (χ1v) is 8.21. The number of carbonyl (C=O) groups excluding carboxylic acids is 2. The molecular weight excluding hydrogens is 304 g/mol. The summed E-state index contributed by atoms with van der Waals surface area (Å²) in [6.45, 7) is 8.13. The number of piperidine rings is 1. The Balaban J connectivity index is 0.00000242. The molecule has 1 heterocycles. The summed E-state index contributed by atoms with van der Waals surface area (Å²) >= 11 is 0. The Bertz CT molecular complexity index is 397. The maximum absolute atomic E-state index is 12.5. The summed E-state index contributed by atoms with van der Waals surface area (Å²) in [7, 11) is 0. The zero-order chi connectivity index (χ0) is 15.5. The Labute approximate surface area is 139 Å². The lowest BCUT2D eigenvalue weighted by molar-refractivity contribution is -0.149. The fourth-order valence-electron chi connectivity index (χ4n) is 3.35. The van der Waals surface area contributed by atoms with Crippen LogP contribution < -0.4 is 10.6 Å². The number of carbonyl (C=O) groups is 2. The van der Waals surface area contributed by atoms with E-state index in [1.54, 1.807) is 6.92 Å². The van der Waals surface area contributed by atoms with E-state index in [1.165, 1.54) is 0 Å². The molecular formula is C16H29ClN2O3. The SMILES string of the molecule is CCOC(=O)C(NC(=O)C1CC12CCNCC2)C(C)CC.Cl. The first-order valence-electron chi connectivity index (χ1n) is 8.21. The standard InChI is InChI=1S/C16H28N2O3.ClH/c1-4-11(3)13(15(20)21-5-2)18-14(19)12-10-16(12)6-8-17-9-7-16;/h11-13,17H,4-10H2,1-3H3,(H,18,19);1H. The zero-order valence-corrected chi connectivity index (χ0v) is 14.6. The Morgan fingerprint density at radius 2 is 1.95 bits per heavy atom. The van der Waals surface area contributed by atoms with E-state index in [4.69, 9.17) is 4.74 Å². The van der Waals surface area contributed by atoms with Crippen molar-refractivity contribution in [3.05, 3.63) is 0 Å². The first-order chi connectivity index (χ1) is 10.0. The third-order valence-corrected chi connectivity index (χ3v) is 5.16. The number of rotatable bonds is 6. The third kappa shape index (κ3) is 4.13. The van der Waals surface area contributed by atoms with Crippen LogP contribution in [-0.2, 0) is 14.3 Å². The van der Waals surface area contributed by atoms with Crippen LogP contribution in [-0.4, -0.2) is 37.6 Å². The van der Waals surface area contributed by atoms with Crippen LogP contribution in [0.2, 0.25) is 0 Å². The number of hydrogen-bond donors (Lipinski definition) is 2. The van der Waals surface area contributed by atoms with Crippen LogP contribution in [0.4, 0.5) is 0 Å². The molecule has 1 aliphatic carbocycles. The molecule has 2 N–H and O–H groups in total. The van der Waals surface area contributed by atoms with Crippen LogP contribution in [0.1, 0.15) is 46.5 Å². The lowest BCUT2D eigenvalue weighted by Gasteiger charge is -2.25. The smallest absolute Gasteiger partial charge is 0.328 e. The van der Waals surface area contributed by atoms with Gasteiger partial charge in [-0.2, -0.15) is 0 Å². The predicted molar refractivity (Wildman–Crippen MR) is 87.9 cm³/mol. The zero-order valence-electron chi connectivity index (χ0n) is 13.8. The molecule has 2 aliphatic rings. The minimum Gasteiger partial charge on any atom is -0.464 e. The van der Waals surface area contributed by atoms with Crippen molar-refractivity contribution in [2.45, 2.75) is 52.5 Å². The van der Waals surface area contributed by atoms with Gasteiger partial charge in [0.25, 0.3) is 0 Å². The minimum atomic E-state index is -0.512. The summed E-state index contributed by atoms with van der Waals surface area (Å²) in [5, 5.41) is 6.29. The van der Waals surface area contributed by atoms with Crippen molar-refractivity contribution in [3.63, 3.8) is 0 Å². The Morgan fingerprint density at radius 3 is 2.50 bits per heavy atom. The highest BCUT2D eigenvalue weighted by Gasteiger charge is 2.58. The van der Waals surface area contributed by atoms with E-state index in [0.717, 1.165) is 38.8 Å². The van der Waals surface area contributed by atoms with E-state index in [0.29, 0.717) is 6.61 Å². The highest BCUT2D eigenvalue weighted by atomic mass is 35.5. The average Bonchev–Trinajstić information content (AvgIpc) is 3.18. The molecule has 2 fully saturated rings. The van der Waals surface area contributed by atoms with Crippen molar-refractivity contribution in [2.75, 3.05) is 19.7 Å². The second kappa shape index (κ2) is 8.16. The molecule has 1 amide bonds. The number of nitrogens with one attached hydrogen (secondary N) is 2. The molecule has 1 spiro atoms. The number of hydrogen-bond acceptors (Lipinski definition) is 4. The molecule has 0 bridgehead atoms. The van der Waals surface area contributed by atoms with Crippen LogP contribution in [0.25, 0.3) is 0 Å². The van der Waals surface area contributed by atoms with Crippen molar-refractivity contribution in [1.82, 2.24) is 10.6 Å². The first kappa shape index (κ1) is 19.2. The highest BCUT2D eigenvalue weighted by Crippen LogP contribution is 2.58. The molecule has 2 rings (SSSR count). The van der Waals surface area contributed by atoms with Gasteiger partial charge in [-0.1, -0.05) is 20.3 Å². The number of esters is 1. The van der Waals surface area contributed by atoms with Gasteiger partial charge in [0.1, 0.15) is 6.04 Å². The number of ether oxygens (including phenoxy) is 1. The summed E-state index contributed by atoms with van der Waals surface area (Å²) in [4.78, 5) is 24.5. The molecule has 1 aliphatic heterocycles. The molecule has 0 aromatic rings. The van der Waals surface area contributed by atoms with Gasteiger partial charge in [-0.15, -0.1) is 12.4 Å². The molecule has 3 unspecified atom stereocenters. The third-order valence-electron chi connectivity index (χ3n) is 5.16. The van der Waals surface area contributed by atoms with E-state index < -0.39 is 6.04 Å². The lowest BCUT2D eigenvalue weighted by atomic mass is 9.91. The van der Waals surface area contributed by atoms with Gasteiger partial charge in [0.05, 0.1) is 6.61 Å². The van der Waals surface area contributed by atoms with Gasteiger partial charge in [0.15, 0.2) is 0 Å². The molecule has 0 aromatic heterocycles. The van der Waals surface area contributed by atoms with Gasteiger partial charge in [-0.25, -0.2) is 4.79 Å². The fourth-order valence-corrected chi connectivity index (χ4v) is 3.35. The largest absolute Gasteiger partial charge is 0.464 e. The van der Waals surface area contributed by atoms with Crippen LogP contribution >= 0.6 is 12.4 Å². The Hall–Kier alpha value is -0.810. The number of halogens is 1. The summed E-state index contributed by atoms with van der Waals surface area (Å²) in [5.41, 5.74) is 0.198. The minimum absolute atomic E-state index is 0. The van der Waals surface area contributed by atoms with Crippen LogP contribution in [0, 0.1) is 17.3 Å². The van der Waals surface area contributed by atoms with Gasteiger partial charge >= 0.3 is 5.97 Å². The molecule has 0 aromatic carbocycles. The van der Waals surface area contributed by atoms with Crippen molar-refractivity contribution in [3.8, 4) is 0 Å². The summed E-state index contributed by atoms with van der Waals surface area (Å²) in [6, 6.07) is -0.512. The Morgan fingerprint density at radius 1 is 1.32 bits per heavy atom. The topological polar surface area (TPSA) is 67.4 Å². The van der Waals surface area contributed by atoms with Gasteiger partial charge in [-0.05, 0) is 50.6 Å². The Kier molecular flexibility index (Phi) is 7.13. The quantitative estimate of drug-likeness (QED) is 0.729. The van der Waals surface area contributed by atoms with E-state index in [2.05, 4.69) is 10.6 Å². The van der Waals surface area contributed by atoms with Crippen LogP contribution in [0.15, 0.2) is 0 Å². The maximum Gasteiger partial charge on any atom is 0.328 e. The monoisotopic (exact) mass is 332 g/mol. The van der Waals surface area contributed by atoms with Gasteiger partial charge in [0, 0.05) is 5.92 Å². The molecule has 22 heavy (non-hydrogen) atoms. The molecule has 0 radical (unpaired) electrons. The van der Waals surface area contributed by atoms with E-state index in [1.807, 2.05) is 13.8 Å². The van der Waals surface area contributed by atoms with E-state index in [-0.39, 0.29) is 41.5 Å². The van der Waals surface area contributed by atoms with Crippen molar-refractivity contribution >= 4 is 24.3 Å². The maximum atomic E-state index is 12.5. The van der Waals surface area contributed by atoms with Gasteiger partial charge in [-0.3, -0.25) is 4.79 Å². The molecule has 1 saturated carbocycles. The predicted octanol–water partition coefficient (Wildman–Crippen LogP) is 1.89. The summed E-state index contributed by atoms with van der Waals surface area (Å²) in [6.07, 6.45) is 3.94. The average molecular weight is 333 g/mol. The van der Waals surface area contributed by atoms with Crippen molar-refractivity contribution in [1.29, 1.82) is 0 Å². The van der Waals surface area contributed by atoms with Crippen molar-refractivity contribution < 1.29 is 14.3 Å². The second-order valence-electron chi connectivity index (χ2n) is 6.49. The molecule has 3 atom stereocenters. The lowest BCUT2D eigenvalue weighted by Crippen LogP contribution is -2.47. The molecule has 5 nitrogen and oxygen atoms in total. The van der Waals surface area contributed by atoms with E-state index >= 15 is 0 Å². The molecule has 128 valence electrons. The summed E-state index contributed by atoms with van der Waals surface area (Å²) in [5.74, 6) is -0.0910. The van der Waals surface area contributed by atoms with Gasteiger partial charge < -0.3 is 15.4 Å².